The maximum atomic E-state index is 12.4. The molecule has 0 radical (unpaired) electrons. The van der Waals surface area contributed by atoms with Gasteiger partial charge in [0.25, 0.3) is 0 Å². The summed E-state index contributed by atoms with van der Waals surface area (Å²) in [5.41, 5.74) is 4.40. The van der Waals surface area contributed by atoms with E-state index in [9.17, 15) is 13.2 Å². The summed E-state index contributed by atoms with van der Waals surface area (Å²) in [5, 5.41) is 6.88. The molecule has 0 bridgehead atoms. The minimum Gasteiger partial charge on any atom is -0.377 e. The van der Waals surface area contributed by atoms with Crippen molar-refractivity contribution in [2.75, 3.05) is 31.1 Å². The van der Waals surface area contributed by atoms with Crippen LogP contribution in [0.2, 0.25) is 0 Å². The zero-order valence-corrected chi connectivity index (χ0v) is 10.9. The Morgan fingerprint density at radius 2 is 1.95 bits per heavy atom. The van der Waals surface area contributed by atoms with Crippen LogP contribution in [0, 0.1) is 0 Å². The quantitative estimate of drug-likeness (QED) is 0.909. The Labute approximate surface area is 114 Å². The highest BCUT2D eigenvalue weighted by molar-refractivity contribution is 5.38. The lowest BCUT2D eigenvalue weighted by Crippen LogP contribution is -2.38. The predicted molar refractivity (Wildman–Crippen MR) is 67.3 cm³/mol. The maximum absolute atomic E-state index is 12.4. The molecule has 1 saturated heterocycles. The van der Waals surface area contributed by atoms with E-state index in [-0.39, 0.29) is 6.10 Å². The number of hydrogen-bond acceptors (Lipinski definition) is 5. The van der Waals surface area contributed by atoms with Gasteiger partial charge in [0.15, 0.2) is 11.5 Å². The molecule has 8 heteroatoms. The molecular weight excluding hydrogens is 273 g/mol. The largest absolute Gasteiger partial charge is 0.435 e. The van der Waals surface area contributed by atoms with Crippen LogP contribution in [-0.2, 0) is 10.9 Å². The number of aromatic nitrogens is 2. The van der Waals surface area contributed by atoms with Crippen molar-refractivity contribution >= 4 is 5.82 Å². The van der Waals surface area contributed by atoms with E-state index < -0.39 is 11.9 Å². The number of piperidine rings is 1. The summed E-state index contributed by atoms with van der Waals surface area (Å²) in [5.74, 6) is 0.468. The van der Waals surface area contributed by atoms with E-state index in [0.717, 1.165) is 18.9 Å². The van der Waals surface area contributed by atoms with Crippen LogP contribution < -0.4 is 10.6 Å². The third kappa shape index (κ3) is 3.80. The fraction of sp³-hybridized carbons (Fsp3) is 0.667. The molecule has 1 aromatic rings. The number of alkyl halides is 3. The van der Waals surface area contributed by atoms with E-state index >= 15 is 0 Å². The molecule has 1 aliphatic rings. The molecule has 0 aromatic carbocycles. The number of rotatable bonds is 4. The first-order chi connectivity index (χ1) is 9.50. The number of ether oxygens (including phenoxy) is 1. The average molecular weight is 290 g/mol. The molecule has 0 aliphatic carbocycles. The summed E-state index contributed by atoms with van der Waals surface area (Å²) < 4.78 is 42.7. The third-order valence-electron chi connectivity index (χ3n) is 3.18. The van der Waals surface area contributed by atoms with Crippen molar-refractivity contribution in [3.05, 3.63) is 17.8 Å². The van der Waals surface area contributed by atoms with Gasteiger partial charge >= 0.3 is 6.18 Å². The number of anilines is 1. The fourth-order valence-corrected chi connectivity index (χ4v) is 2.13. The molecule has 20 heavy (non-hydrogen) atoms. The zero-order chi connectivity index (χ0) is 14.6. The first kappa shape index (κ1) is 15.0. The van der Waals surface area contributed by atoms with Crippen molar-refractivity contribution in [1.82, 2.24) is 10.2 Å². The fourth-order valence-electron chi connectivity index (χ4n) is 2.13. The van der Waals surface area contributed by atoms with E-state index in [2.05, 4.69) is 10.2 Å². The Morgan fingerprint density at radius 3 is 2.45 bits per heavy atom. The first-order valence-electron chi connectivity index (χ1n) is 6.48. The van der Waals surface area contributed by atoms with Crippen LogP contribution >= 0.6 is 0 Å². The highest BCUT2D eigenvalue weighted by Gasteiger charge is 2.33. The van der Waals surface area contributed by atoms with Gasteiger partial charge in [-0.2, -0.15) is 13.2 Å². The summed E-state index contributed by atoms with van der Waals surface area (Å²) in [6.45, 7) is 2.40. The first-order valence-corrected chi connectivity index (χ1v) is 6.48. The highest BCUT2D eigenvalue weighted by atomic mass is 19.4. The van der Waals surface area contributed by atoms with Crippen molar-refractivity contribution in [2.45, 2.75) is 25.1 Å². The Morgan fingerprint density at radius 1 is 1.25 bits per heavy atom. The molecule has 2 rings (SSSR count). The smallest absolute Gasteiger partial charge is 0.377 e. The van der Waals surface area contributed by atoms with Gasteiger partial charge in [0.1, 0.15) is 0 Å². The Balaban J connectivity index is 1.90. The molecule has 1 fully saturated rings. The molecule has 1 aliphatic heterocycles. The summed E-state index contributed by atoms with van der Waals surface area (Å²) >= 11 is 0. The number of nitrogens with zero attached hydrogens (tertiary/aromatic N) is 3. The second-order valence-electron chi connectivity index (χ2n) is 4.62. The molecule has 2 heterocycles. The van der Waals surface area contributed by atoms with Gasteiger partial charge in [-0.3, -0.25) is 0 Å². The van der Waals surface area contributed by atoms with Gasteiger partial charge in [-0.05, 0) is 25.0 Å². The standard InChI is InChI=1S/C12H17F3N4O/c13-12(14,15)10-1-2-11(18-17-10)19-6-3-9(4-7-19)20-8-5-16/h1-2,9H,3-8,16H2. The molecule has 1 aromatic heterocycles. The second-order valence-corrected chi connectivity index (χ2v) is 4.62. The van der Waals surface area contributed by atoms with Crippen molar-refractivity contribution in [2.24, 2.45) is 5.73 Å². The van der Waals surface area contributed by atoms with Crippen molar-refractivity contribution in [3.63, 3.8) is 0 Å². The van der Waals surface area contributed by atoms with E-state index in [0.29, 0.717) is 32.1 Å². The van der Waals surface area contributed by atoms with Gasteiger partial charge < -0.3 is 15.4 Å². The van der Waals surface area contributed by atoms with Gasteiger partial charge in [0, 0.05) is 19.6 Å². The van der Waals surface area contributed by atoms with Gasteiger partial charge in [-0.15, -0.1) is 10.2 Å². The maximum Gasteiger partial charge on any atom is 0.435 e. The number of nitrogens with two attached hydrogens (primary N) is 1. The van der Waals surface area contributed by atoms with Crippen molar-refractivity contribution < 1.29 is 17.9 Å². The Bertz CT molecular complexity index is 416. The van der Waals surface area contributed by atoms with Crippen LogP contribution in [0.3, 0.4) is 0 Å². The lowest BCUT2D eigenvalue weighted by atomic mass is 10.1. The van der Waals surface area contributed by atoms with E-state index in [4.69, 9.17) is 10.5 Å². The minimum absolute atomic E-state index is 0.164. The van der Waals surface area contributed by atoms with Gasteiger partial charge in [0.05, 0.1) is 12.7 Å². The normalized spacial score (nSPS) is 17.5. The summed E-state index contributed by atoms with van der Waals surface area (Å²) in [4.78, 5) is 1.91. The molecule has 0 atom stereocenters. The topological polar surface area (TPSA) is 64.3 Å². The number of hydrogen-bond donors (Lipinski definition) is 1. The van der Waals surface area contributed by atoms with Crippen LogP contribution in [0.1, 0.15) is 18.5 Å². The van der Waals surface area contributed by atoms with Crippen molar-refractivity contribution in [1.29, 1.82) is 0 Å². The van der Waals surface area contributed by atoms with Crippen LogP contribution in [0.25, 0.3) is 0 Å². The van der Waals surface area contributed by atoms with E-state index in [1.54, 1.807) is 0 Å². The van der Waals surface area contributed by atoms with Crippen LogP contribution in [0.4, 0.5) is 19.0 Å². The monoisotopic (exact) mass is 290 g/mol. The molecule has 112 valence electrons. The van der Waals surface area contributed by atoms with Gasteiger partial charge in [0.2, 0.25) is 0 Å². The molecule has 0 amide bonds. The summed E-state index contributed by atoms with van der Waals surface area (Å²) in [6.07, 6.45) is -2.67. The Kier molecular flexibility index (Phi) is 4.77. The van der Waals surface area contributed by atoms with Crippen LogP contribution in [0.15, 0.2) is 12.1 Å². The molecule has 0 spiro atoms. The van der Waals surface area contributed by atoms with E-state index in [1.165, 1.54) is 6.07 Å². The van der Waals surface area contributed by atoms with Crippen LogP contribution in [0.5, 0.6) is 0 Å². The molecule has 2 N–H and O–H groups in total. The summed E-state index contributed by atoms with van der Waals surface area (Å²) in [7, 11) is 0. The van der Waals surface area contributed by atoms with Crippen molar-refractivity contribution in [3.8, 4) is 0 Å². The molecule has 0 unspecified atom stereocenters. The van der Waals surface area contributed by atoms with Crippen LogP contribution in [-0.4, -0.2) is 42.5 Å². The Hall–Kier alpha value is -1.41. The molecular formula is C12H17F3N4O. The second kappa shape index (κ2) is 6.36. The molecule has 5 nitrogen and oxygen atoms in total. The SMILES string of the molecule is NCCOC1CCN(c2ccc(C(F)(F)F)nn2)CC1. The third-order valence-corrected chi connectivity index (χ3v) is 3.18. The molecule has 0 saturated carbocycles. The minimum atomic E-state index is -4.45. The lowest BCUT2D eigenvalue weighted by molar-refractivity contribution is -0.141. The average Bonchev–Trinajstić information content (AvgIpc) is 2.45. The lowest BCUT2D eigenvalue weighted by Gasteiger charge is -2.32. The number of halogens is 3. The van der Waals surface area contributed by atoms with Gasteiger partial charge in [-0.1, -0.05) is 0 Å². The van der Waals surface area contributed by atoms with Gasteiger partial charge in [-0.25, -0.2) is 0 Å². The predicted octanol–water partition coefficient (Wildman–Crippen LogP) is 1.44. The highest BCUT2D eigenvalue weighted by Crippen LogP contribution is 2.28. The van der Waals surface area contributed by atoms with E-state index in [1.807, 2.05) is 4.90 Å². The summed E-state index contributed by atoms with van der Waals surface area (Å²) in [6, 6.07) is 2.32. The zero-order valence-electron chi connectivity index (χ0n) is 10.9.